The van der Waals surface area contributed by atoms with Gasteiger partial charge in [0.15, 0.2) is 6.10 Å². The molecular formula is C21H24ClNO4. The lowest BCUT2D eigenvalue weighted by Gasteiger charge is -2.29. The van der Waals surface area contributed by atoms with Gasteiger partial charge in [0, 0.05) is 23.2 Å². The van der Waals surface area contributed by atoms with Gasteiger partial charge in [0.1, 0.15) is 17.2 Å². The maximum absolute atomic E-state index is 13.0. The van der Waals surface area contributed by atoms with Crippen molar-refractivity contribution in [3.05, 3.63) is 53.1 Å². The molecule has 0 aliphatic carbocycles. The van der Waals surface area contributed by atoms with Crippen molar-refractivity contribution in [2.45, 2.75) is 31.9 Å². The molecule has 0 aromatic heterocycles. The molecule has 2 atom stereocenters. The summed E-state index contributed by atoms with van der Waals surface area (Å²) in [7, 11) is 3.25. The predicted octanol–water partition coefficient (Wildman–Crippen LogP) is 4.49. The Morgan fingerprint density at radius 2 is 1.96 bits per heavy atom. The summed E-state index contributed by atoms with van der Waals surface area (Å²) in [5.74, 6) is 1.99. The molecule has 2 unspecified atom stereocenters. The summed E-state index contributed by atoms with van der Waals surface area (Å²) in [5.41, 5.74) is 0.985. The lowest BCUT2D eigenvalue weighted by atomic mass is 10.0. The van der Waals surface area contributed by atoms with Gasteiger partial charge in [0.25, 0.3) is 5.91 Å². The van der Waals surface area contributed by atoms with E-state index in [9.17, 15) is 4.79 Å². The number of ether oxygens (including phenoxy) is 3. The van der Waals surface area contributed by atoms with Gasteiger partial charge in [-0.2, -0.15) is 0 Å². The van der Waals surface area contributed by atoms with E-state index in [1.54, 1.807) is 45.4 Å². The van der Waals surface area contributed by atoms with E-state index in [0.717, 1.165) is 29.9 Å². The first-order valence-corrected chi connectivity index (χ1v) is 9.36. The number of amides is 1. The number of carbonyl (C=O) groups excluding carboxylic acids is 1. The highest BCUT2D eigenvalue weighted by Gasteiger charge is 2.34. The summed E-state index contributed by atoms with van der Waals surface area (Å²) in [6.45, 7) is 2.46. The number of nitrogens with zero attached hydrogens (tertiary/aromatic N) is 1. The smallest absolute Gasteiger partial charge is 0.263 e. The predicted molar refractivity (Wildman–Crippen MR) is 105 cm³/mol. The molecule has 0 saturated carbocycles. The number of hydrogen-bond donors (Lipinski definition) is 0. The van der Waals surface area contributed by atoms with Crippen molar-refractivity contribution in [3.8, 4) is 17.2 Å². The third-order valence-corrected chi connectivity index (χ3v) is 5.03. The average Bonchev–Trinajstić information content (AvgIpc) is 3.16. The van der Waals surface area contributed by atoms with Crippen molar-refractivity contribution in [3.63, 3.8) is 0 Å². The van der Waals surface area contributed by atoms with Crippen LogP contribution in [0.2, 0.25) is 5.02 Å². The second-order valence-electron chi connectivity index (χ2n) is 6.51. The number of hydrogen-bond acceptors (Lipinski definition) is 4. The van der Waals surface area contributed by atoms with Crippen LogP contribution in [0.25, 0.3) is 0 Å². The zero-order valence-corrected chi connectivity index (χ0v) is 16.5. The minimum absolute atomic E-state index is 0.0382. The zero-order valence-electron chi connectivity index (χ0n) is 15.8. The Morgan fingerprint density at radius 1 is 1.15 bits per heavy atom. The SMILES string of the molecule is COc1ccc(C2CCCN2C(=O)C(C)Oc2cccc(Cl)c2)c(OC)c1. The average molecular weight is 390 g/mol. The van der Waals surface area contributed by atoms with E-state index in [-0.39, 0.29) is 11.9 Å². The van der Waals surface area contributed by atoms with E-state index in [0.29, 0.717) is 17.3 Å². The fourth-order valence-electron chi connectivity index (χ4n) is 3.48. The van der Waals surface area contributed by atoms with Crippen molar-refractivity contribution < 1.29 is 19.0 Å². The minimum atomic E-state index is -0.603. The van der Waals surface area contributed by atoms with Gasteiger partial charge in [-0.1, -0.05) is 17.7 Å². The quantitative estimate of drug-likeness (QED) is 0.730. The van der Waals surface area contributed by atoms with E-state index >= 15 is 0 Å². The molecule has 1 aliphatic rings. The molecule has 27 heavy (non-hydrogen) atoms. The molecule has 1 aliphatic heterocycles. The van der Waals surface area contributed by atoms with Crippen molar-refractivity contribution in [1.29, 1.82) is 0 Å². The summed E-state index contributed by atoms with van der Waals surface area (Å²) < 4.78 is 16.6. The Kier molecular flexibility index (Phi) is 6.11. The highest BCUT2D eigenvalue weighted by atomic mass is 35.5. The molecule has 0 radical (unpaired) electrons. The van der Waals surface area contributed by atoms with Crippen LogP contribution in [0, 0.1) is 0 Å². The van der Waals surface area contributed by atoms with Gasteiger partial charge >= 0.3 is 0 Å². The highest BCUT2D eigenvalue weighted by Crippen LogP contribution is 2.39. The molecule has 2 aromatic rings. The topological polar surface area (TPSA) is 48.0 Å². The second-order valence-corrected chi connectivity index (χ2v) is 6.95. The Balaban J connectivity index is 1.78. The van der Waals surface area contributed by atoms with Crippen LogP contribution in [0.15, 0.2) is 42.5 Å². The Morgan fingerprint density at radius 3 is 2.67 bits per heavy atom. The molecule has 0 spiro atoms. The molecular weight excluding hydrogens is 366 g/mol. The van der Waals surface area contributed by atoms with Crippen molar-refractivity contribution in [2.24, 2.45) is 0 Å². The van der Waals surface area contributed by atoms with Gasteiger partial charge in [0.2, 0.25) is 0 Å². The van der Waals surface area contributed by atoms with Crippen molar-refractivity contribution in [2.75, 3.05) is 20.8 Å². The van der Waals surface area contributed by atoms with E-state index in [4.69, 9.17) is 25.8 Å². The zero-order chi connectivity index (χ0) is 19.4. The van der Waals surface area contributed by atoms with Gasteiger partial charge in [0.05, 0.1) is 20.3 Å². The molecule has 3 rings (SSSR count). The van der Waals surface area contributed by atoms with Crippen LogP contribution >= 0.6 is 11.6 Å². The van der Waals surface area contributed by atoms with E-state index in [1.807, 2.05) is 23.1 Å². The van der Waals surface area contributed by atoms with Gasteiger partial charge < -0.3 is 19.1 Å². The standard InChI is InChI=1S/C21H24ClNO4/c1-14(27-17-7-4-6-15(22)12-17)21(24)23-11-5-8-19(23)18-10-9-16(25-2)13-20(18)26-3/h4,6-7,9-10,12-14,19H,5,8,11H2,1-3H3. The highest BCUT2D eigenvalue weighted by molar-refractivity contribution is 6.30. The van der Waals surface area contributed by atoms with Gasteiger partial charge in [-0.25, -0.2) is 0 Å². The molecule has 1 fully saturated rings. The van der Waals surface area contributed by atoms with Crippen LogP contribution in [-0.2, 0) is 4.79 Å². The third-order valence-electron chi connectivity index (χ3n) is 4.79. The second kappa shape index (κ2) is 8.53. The van der Waals surface area contributed by atoms with Crippen molar-refractivity contribution >= 4 is 17.5 Å². The number of halogens is 1. The molecule has 0 N–H and O–H groups in total. The van der Waals surface area contributed by atoms with Crippen LogP contribution in [0.4, 0.5) is 0 Å². The molecule has 1 saturated heterocycles. The lowest BCUT2D eigenvalue weighted by molar-refractivity contribution is -0.138. The number of rotatable bonds is 6. The summed E-state index contributed by atoms with van der Waals surface area (Å²) in [4.78, 5) is 14.9. The summed E-state index contributed by atoms with van der Waals surface area (Å²) >= 11 is 6.00. The molecule has 6 heteroatoms. The van der Waals surface area contributed by atoms with Gasteiger partial charge in [-0.05, 0) is 50.1 Å². The van der Waals surface area contributed by atoms with Crippen LogP contribution in [0.1, 0.15) is 31.4 Å². The maximum atomic E-state index is 13.0. The number of carbonyl (C=O) groups is 1. The van der Waals surface area contributed by atoms with Crippen LogP contribution in [0.5, 0.6) is 17.2 Å². The van der Waals surface area contributed by atoms with E-state index in [2.05, 4.69) is 0 Å². The molecule has 5 nitrogen and oxygen atoms in total. The van der Waals surface area contributed by atoms with Crippen LogP contribution in [0.3, 0.4) is 0 Å². The summed E-state index contributed by atoms with van der Waals surface area (Å²) in [5, 5.41) is 0.578. The van der Waals surface area contributed by atoms with Crippen LogP contribution < -0.4 is 14.2 Å². The summed E-state index contributed by atoms with van der Waals surface area (Å²) in [6, 6.07) is 12.7. The first-order valence-electron chi connectivity index (χ1n) is 8.98. The summed E-state index contributed by atoms with van der Waals surface area (Å²) in [6.07, 6.45) is 1.22. The fraction of sp³-hybridized carbons (Fsp3) is 0.381. The fourth-order valence-corrected chi connectivity index (χ4v) is 3.66. The van der Waals surface area contributed by atoms with E-state index in [1.165, 1.54) is 0 Å². The molecule has 1 amide bonds. The number of benzene rings is 2. The van der Waals surface area contributed by atoms with Gasteiger partial charge in [-0.3, -0.25) is 4.79 Å². The molecule has 144 valence electrons. The first kappa shape index (κ1) is 19.4. The molecule has 1 heterocycles. The number of likely N-dealkylation sites (tertiary alicyclic amines) is 1. The lowest BCUT2D eigenvalue weighted by Crippen LogP contribution is -2.40. The van der Waals surface area contributed by atoms with Crippen molar-refractivity contribution in [1.82, 2.24) is 4.90 Å². The Bertz CT molecular complexity index is 811. The third kappa shape index (κ3) is 4.30. The number of methoxy groups -OCH3 is 2. The normalized spacial score (nSPS) is 17.5. The monoisotopic (exact) mass is 389 g/mol. The Labute approximate surface area is 164 Å². The Hall–Kier alpha value is -2.40. The first-order chi connectivity index (χ1) is 13.0. The van der Waals surface area contributed by atoms with Gasteiger partial charge in [-0.15, -0.1) is 0 Å². The largest absolute Gasteiger partial charge is 0.497 e. The molecule has 2 aromatic carbocycles. The molecule has 0 bridgehead atoms. The maximum Gasteiger partial charge on any atom is 0.263 e. The van der Waals surface area contributed by atoms with E-state index < -0.39 is 6.10 Å². The minimum Gasteiger partial charge on any atom is -0.497 e. The van der Waals surface area contributed by atoms with Crippen LogP contribution in [-0.4, -0.2) is 37.7 Å².